The number of rotatable bonds is 2. The lowest BCUT2D eigenvalue weighted by atomic mass is 9.89. The van der Waals surface area contributed by atoms with Crippen LogP contribution in [0.25, 0.3) is 0 Å². The first-order valence-electron chi connectivity index (χ1n) is 6.24. The quantitative estimate of drug-likeness (QED) is 0.777. The van der Waals surface area contributed by atoms with Crippen LogP contribution in [0.5, 0.6) is 0 Å². The van der Waals surface area contributed by atoms with Crippen LogP contribution in [0.15, 0.2) is 24.3 Å². The Hall–Kier alpha value is -1.33. The minimum absolute atomic E-state index is 0.000361. The zero-order chi connectivity index (χ0) is 12.5. The van der Waals surface area contributed by atoms with Gasteiger partial charge in [-0.1, -0.05) is 29.8 Å². The Morgan fingerprint density at radius 2 is 2.00 bits per heavy atom. The maximum absolute atomic E-state index is 9.15. The molecule has 0 saturated carbocycles. The summed E-state index contributed by atoms with van der Waals surface area (Å²) in [4.78, 5) is 2.42. The van der Waals surface area contributed by atoms with Gasteiger partial charge in [0.2, 0.25) is 0 Å². The van der Waals surface area contributed by atoms with Gasteiger partial charge in [-0.2, -0.15) is 5.26 Å². The third-order valence-corrected chi connectivity index (χ3v) is 4.01. The van der Waals surface area contributed by atoms with Crippen LogP contribution in [-0.4, -0.2) is 17.0 Å². The van der Waals surface area contributed by atoms with E-state index in [1.54, 1.807) is 0 Å². The molecule has 1 heterocycles. The van der Waals surface area contributed by atoms with E-state index in [-0.39, 0.29) is 11.5 Å². The number of nitrogens with zero attached hydrogens (tertiary/aromatic N) is 2. The van der Waals surface area contributed by atoms with E-state index in [2.05, 4.69) is 56.0 Å². The first-order valence-corrected chi connectivity index (χ1v) is 6.24. The molecule has 1 aliphatic heterocycles. The standard InChI is InChI=1S/C15H20N2/c1-12-4-6-13(7-5-12)11-17-9-8-14(10-16)15(17,2)3/h4-7,14H,8-9,11H2,1-3H3. The van der Waals surface area contributed by atoms with Crippen molar-refractivity contribution in [1.29, 1.82) is 5.26 Å². The van der Waals surface area contributed by atoms with Crippen LogP contribution in [-0.2, 0) is 6.54 Å². The van der Waals surface area contributed by atoms with Crippen molar-refractivity contribution >= 4 is 0 Å². The highest BCUT2D eigenvalue weighted by molar-refractivity contribution is 5.22. The third kappa shape index (κ3) is 2.35. The Bertz CT molecular complexity index is 425. The van der Waals surface area contributed by atoms with Crippen LogP contribution < -0.4 is 0 Å². The molecule has 0 aliphatic carbocycles. The van der Waals surface area contributed by atoms with Crippen molar-refractivity contribution in [2.24, 2.45) is 5.92 Å². The molecule has 0 aromatic heterocycles. The van der Waals surface area contributed by atoms with E-state index in [4.69, 9.17) is 5.26 Å². The Kier molecular flexibility index (Phi) is 3.22. The van der Waals surface area contributed by atoms with E-state index < -0.39 is 0 Å². The van der Waals surface area contributed by atoms with Crippen molar-refractivity contribution < 1.29 is 0 Å². The summed E-state index contributed by atoms with van der Waals surface area (Å²) in [5.41, 5.74) is 2.63. The Morgan fingerprint density at radius 3 is 2.53 bits per heavy atom. The monoisotopic (exact) mass is 228 g/mol. The van der Waals surface area contributed by atoms with Gasteiger partial charge in [-0.05, 0) is 32.8 Å². The lowest BCUT2D eigenvalue weighted by Gasteiger charge is -2.33. The van der Waals surface area contributed by atoms with Gasteiger partial charge in [0.15, 0.2) is 0 Å². The molecule has 90 valence electrons. The molecule has 0 N–H and O–H groups in total. The maximum atomic E-state index is 9.15. The number of hydrogen-bond donors (Lipinski definition) is 0. The second-order valence-electron chi connectivity index (χ2n) is 5.53. The summed E-state index contributed by atoms with van der Waals surface area (Å²) in [5, 5.41) is 9.15. The van der Waals surface area contributed by atoms with Gasteiger partial charge in [-0.15, -0.1) is 0 Å². The second kappa shape index (κ2) is 4.50. The third-order valence-electron chi connectivity index (χ3n) is 4.01. The van der Waals surface area contributed by atoms with Crippen LogP contribution >= 0.6 is 0 Å². The molecule has 0 spiro atoms. The highest BCUT2D eigenvalue weighted by Crippen LogP contribution is 2.35. The maximum Gasteiger partial charge on any atom is 0.0675 e. The molecular weight excluding hydrogens is 208 g/mol. The number of benzene rings is 1. The van der Waals surface area contributed by atoms with Crippen molar-refractivity contribution in [3.63, 3.8) is 0 Å². The summed E-state index contributed by atoms with van der Waals surface area (Å²) < 4.78 is 0. The van der Waals surface area contributed by atoms with E-state index >= 15 is 0 Å². The number of aryl methyl sites for hydroxylation is 1. The zero-order valence-electron chi connectivity index (χ0n) is 10.9. The summed E-state index contributed by atoms with van der Waals surface area (Å²) >= 11 is 0. The van der Waals surface area contributed by atoms with Crippen LogP contribution in [0.1, 0.15) is 31.4 Å². The summed E-state index contributed by atoms with van der Waals surface area (Å²) in [7, 11) is 0. The van der Waals surface area contributed by atoms with Gasteiger partial charge >= 0.3 is 0 Å². The van der Waals surface area contributed by atoms with Crippen molar-refractivity contribution in [3.8, 4) is 6.07 Å². The summed E-state index contributed by atoms with van der Waals surface area (Å²) in [5.74, 6) is 0.160. The van der Waals surface area contributed by atoms with Gasteiger partial charge in [0.05, 0.1) is 12.0 Å². The largest absolute Gasteiger partial charge is 0.293 e. The van der Waals surface area contributed by atoms with E-state index in [0.717, 1.165) is 19.5 Å². The average Bonchev–Trinajstić information content (AvgIpc) is 2.57. The molecule has 0 bridgehead atoms. The fourth-order valence-electron chi connectivity index (χ4n) is 2.57. The zero-order valence-corrected chi connectivity index (χ0v) is 10.9. The Labute approximate surface area is 104 Å². The van der Waals surface area contributed by atoms with Gasteiger partial charge in [-0.3, -0.25) is 4.90 Å². The molecule has 1 aliphatic rings. The van der Waals surface area contributed by atoms with Gasteiger partial charge in [0.25, 0.3) is 0 Å². The molecule has 1 saturated heterocycles. The molecule has 17 heavy (non-hydrogen) atoms. The molecule has 1 fully saturated rings. The fraction of sp³-hybridized carbons (Fsp3) is 0.533. The SMILES string of the molecule is Cc1ccc(CN2CCC(C#N)C2(C)C)cc1. The van der Waals surface area contributed by atoms with Gasteiger partial charge in [-0.25, -0.2) is 0 Å². The number of nitriles is 1. The normalized spacial score (nSPS) is 23.5. The van der Waals surface area contributed by atoms with E-state index in [0.29, 0.717) is 0 Å². The van der Waals surface area contributed by atoms with Crippen molar-refractivity contribution in [1.82, 2.24) is 4.90 Å². The van der Waals surface area contributed by atoms with Crippen LogP contribution in [0.4, 0.5) is 0 Å². The minimum atomic E-state index is -0.000361. The van der Waals surface area contributed by atoms with Gasteiger partial charge in [0, 0.05) is 18.6 Å². The summed E-state index contributed by atoms with van der Waals surface area (Å²) in [6.45, 7) is 8.45. The molecule has 2 nitrogen and oxygen atoms in total. The lowest BCUT2D eigenvalue weighted by Crippen LogP contribution is -2.41. The fourth-order valence-corrected chi connectivity index (χ4v) is 2.57. The van der Waals surface area contributed by atoms with E-state index in [1.165, 1.54) is 11.1 Å². The topological polar surface area (TPSA) is 27.0 Å². The average molecular weight is 228 g/mol. The van der Waals surface area contributed by atoms with Crippen LogP contribution in [0.2, 0.25) is 0 Å². The molecule has 2 heteroatoms. The van der Waals surface area contributed by atoms with E-state index in [9.17, 15) is 0 Å². The van der Waals surface area contributed by atoms with Gasteiger partial charge in [0.1, 0.15) is 0 Å². The number of likely N-dealkylation sites (tertiary alicyclic amines) is 1. The van der Waals surface area contributed by atoms with Crippen molar-refractivity contribution in [3.05, 3.63) is 35.4 Å². The number of hydrogen-bond acceptors (Lipinski definition) is 2. The lowest BCUT2D eigenvalue weighted by molar-refractivity contribution is 0.148. The molecule has 2 rings (SSSR count). The molecule has 0 amide bonds. The molecule has 0 radical (unpaired) electrons. The van der Waals surface area contributed by atoms with Crippen molar-refractivity contribution in [2.45, 2.75) is 39.3 Å². The predicted molar refractivity (Wildman–Crippen MR) is 69.4 cm³/mol. The highest BCUT2D eigenvalue weighted by Gasteiger charge is 2.41. The smallest absolute Gasteiger partial charge is 0.0675 e. The minimum Gasteiger partial charge on any atom is -0.293 e. The first-order chi connectivity index (χ1) is 8.04. The molecule has 1 atom stereocenters. The van der Waals surface area contributed by atoms with E-state index in [1.807, 2.05) is 0 Å². The predicted octanol–water partition coefficient (Wildman–Crippen LogP) is 3.12. The molecule has 1 aromatic rings. The summed E-state index contributed by atoms with van der Waals surface area (Å²) in [6.07, 6.45) is 0.995. The van der Waals surface area contributed by atoms with Crippen LogP contribution in [0, 0.1) is 24.2 Å². The van der Waals surface area contributed by atoms with Crippen molar-refractivity contribution in [2.75, 3.05) is 6.54 Å². The second-order valence-corrected chi connectivity index (χ2v) is 5.53. The Balaban J connectivity index is 2.10. The highest BCUT2D eigenvalue weighted by atomic mass is 15.2. The van der Waals surface area contributed by atoms with Crippen LogP contribution in [0.3, 0.4) is 0 Å². The molecular formula is C15H20N2. The summed E-state index contributed by atoms with van der Waals surface area (Å²) in [6, 6.07) is 11.1. The van der Waals surface area contributed by atoms with Gasteiger partial charge < -0.3 is 0 Å². The Morgan fingerprint density at radius 1 is 1.35 bits per heavy atom. The molecule has 1 unspecified atom stereocenters. The first kappa shape index (κ1) is 12.1. The molecule has 1 aromatic carbocycles.